The van der Waals surface area contributed by atoms with Gasteiger partial charge in [0.05, 0.1) is 30.7 Å². The Bertz CT molecular complexity index is 1690. The molecule has 3 aliphatic rings. The summed E-state index contributed by atoms with van der Waals surface area (Å²) < 4.78 is 52.8. The Labute approximate surface area is 446 Å². The van der Waals surface area contributed by atoms with Gasteiger partial charge in [-0.25, -0.2) is 10.2 Å². The second kappa shape index (κ2) is 32.2. The molecule has 25 nitrogen and oxygen atoms in total. The maximum absolute atomic E-state index is 12.2. The molecule has 3 fully saturated rings. The van der Waals surface area contributed by atoms with Crippen LogP contribution in [-0.2, 0) is 52.2 Å². The molecule has 74 heavy (non-hydrogen) atoms. The molecule has 3 rings (SSSR count). The van der Waals surface area contributed by atoms with Gasteiger partial charge in [0, 0.05) is 50.7 Å². The van der Waals surface area contributed by atoms with Gasteiger partial charge in [-0.3, -0.25) is 20.4 Å². The Morgan fingerprint density at radius 3 is 1.78 bits per heavy atom. The molecule has 0 saturated carbocycles. The molecule has 0 radical (unpaired) electrons. The first-order chi connectivity index (χ1) is 34.6. The number of thioether (sulfide) groups is 3. The molecule has 0 aromatic heterocycles. The number of hydrazine groups is 1. The van der Waals surface area contributed by atoms with E-state index in [1.54, 1.807) is 65.1 Å². The summed E-state index contributed by atoms with van der Waals surface area (Å²) in [7, 11) is 0. The topological polar surface area (TPSA) is 368 Å². The first-order valence-electron chi connectivity index (χ1n) is 24.9. The molecule has 3 aliphatic heterocycles. The van der Waals surface area contributed by atoms with Crippen LogP contribution in [0, 0.1) is 5.41 Å². The highest BCUT2D eigenvalue weighted by atomic mass is 32.2. The second-order valence-electron chi connectivity index (χ2n) is 20.2. The van der Waals surface area contributed by atoms with Crippen molar-refractivity contribution in [3.8, 4) is 0 Å². The Hall–Kier alpha value is -1.91. The number of nitrogens with one attached hydrogen (secondary N) is 5. The lowest BCUT2D eigenvalue weighted by atomic mass is 9.97. The van der Waals surface area contributed by atoms with E-state index in [1.807, 2.05) is 13.8 Å². The summed E-state index contributed by atoms with van der Waals surface area (Å²) in [5.41, 5.74) is 1.88. The van der Waals surface area contributed by atoms with Crippen LogP contribution in [0.25, 0.3) is 0 Å². The second-order valence-corrected chi connectivity index (χ2v) is 23.7. The monoisotopic (exact) mass is 1120 g/mol. The molecule has 0 aliphatic carbocycles. The Kier molecular flexibility index (Phi) is 28.9. The molecule has 11 unspecified atom stereocenters. The first-order valence-corrected chi connectivity index (χ1v) is 28.2. The van der Waals surface area contributed by atoms with E-state index in [4.69, 9.17) is 48.0 Å². The van der Waals surface area contributed by atoms with Crippen molar-refractivity contribution < 1.29 is 97.9 Å². The Morgan fingerprint density at radius 2 is 1.22 bits per heavy atom. The highest BCUT2D eigenvalue weighted by Crippen LogP contribution is 2.34. The van der Waals surface area contributed by atoms with E-state index in [-0.39, 0.29) is 62.9 Å². The fourth-order valence-electron chi connectivity index (χ4n) is 7.18. The summed E-state index contributed by atoms with van der Waals surface area (Å²) in [5, 5.41) is 99.0. The van der Waals surface area contributed by atoms with E-state index in [1.165, 1.54) is 6.92 Å². The van der Waals surface area contributed by atoms with Gasteiger partial charge in [0.15, 0.2) is 12.6 Å². The van der Waals surface area contributed by atoms with Crippen LogP contribution in [-0.4, -0.2) is 241 Å². The van der Waals surface area contributed by atoms with Crippen molar-refractivity contribution in [3.63, 3.8) is 0 Å². The summed E-state index contributed by atoms with van der Waals surface area (Å²) in [6.07, 6.45) is -17.3. The number of aliphatic hydroxyl groups is 8. The van der Waals surface area contributed by atoms with Gasteiger partial charge in [-0.1, -0.05) is 0 Å². The quantitative estimate of drug-likeness (QED) is 0.0141. The standard InChI is InChI=1S/C46H85N5O20S3/c1-25(2)65-22-27-32(54)34(56)37(63-16-10-18-72-20-14-48-29(47)24-74-42-36(58)39(59)46(61,62)26(3)67-42)40(68-27)66-23-28-33(55)35(57)38(41(69-28)70-44(4,5)6)64-17-11-19-73-21-15-49-30(52)12-13-31(53)50-51-43(60)71-45(7,8)9/h25-28,32-42,54-59,61-62H,10-24H2,1-9H3,(H2,47,48)(H,49,52)(H,50,53)(H,51,60)/t26?,27?,28?,32-,33+,34?,35?,36?,37?,38?,39?,40?,41?,42+/m1/s1. The highest BCUT2D eigenvalue weighted by molar-refractivity contribution is 8.00. The van der Waals surface area contributed by atoms with Gasteiger partial charge in [-0.2, -0.15) is 23.5 Å². The number of hydrogen-bond acceptors (Lipinski definition) is 24. The number of hydrogen-bond donors (Lipinski definition) is 13. The van der Waals surface area contributed by atoms with Crippen LogP contribution in [0.1, 0.15) is 88.0 Å². The zero-order chi connectivity index (χ0) is 55.4. The van der Waals surface area contributed by atoms with Crippen LogP contribution in [0.5, 0.6) is 0 Å². The molecule has 13 N–H and O–H groups in total. The van der Waals surface area contributed by atoms with Gasteiger partial charge < -0.3 is 94.1 Å². The SMILES string of the molecule is CC(C)OCC1OC(OCC2OC(OC(C)(C)C)C(OCCCSCCNC(=O)CCC(=O)NNC(=O)OC(C)(C)C)C(O)[C@H]2O)C(OCCCSCCNC(=N)CS[C@@H]2OC(C)C(O)(O)C(O)C2O)C(O)[C@@H]1O. The van der Waals surface area contributed by atoms with Crippen LogP contribution < -0.4 is 21.5 Å². The molecule has 0 bridgehead atoms. The van der Waals surface area contributed by atoms with E-state index in [0.717, 1.165) is 11.8 Å². The molecule has 3 heterocycles. The fourth-order valence-corrected chi connectivity index (χ4v) is 9.75. The fraction of sp³-hybridized carbons (Fsp3) is 0.913. The zero-order valence-corrected chi connectivity index (χ0v) is 46.4. The third-order valence-corrected chi connectivity index (χ3v) is 14.4. The van der Waals surface area contributed by atoms with E-state index >= 15 is 0 Å². The molecule has 0 aromatic rings. The van der Waals surface area contributed by atoms with Crippen molar-refractivity contribution in [2.75, 3.05) is 68.3 Å². The Morgan fingerprint density at radius 1 is 0.676 bits per heavy atom. The predicted molar refractivity (Wildman–Crippen MR) is 274 cm³/mol. The van der Waals surface area contributed by atoms with Gasteiger partial charge >= 0.3 is 6.09 Å². The van der Waals surface area contributed by atoms with E-state index in [2.05, 4.69) is 21.5 Å². The lowest BCUT2D eigenvalue weighted by molar-refractivity contribution is -0.348. The van der Waals surface area contributed by atoms with Crippen LogP contribution in [0.15, 0.2) is 0 Å². The van der Waals surface area contributed by atoms with Crippen molar-refractivity contribution in [1.29, 1.82) is 5.41 Å². The van der Waals surface area contributed by atoms with E-state index in [9.17, 15) is 55.2 Å². The van der Waals surface area contributed by atoms with Crippen LogP contribution >= 0.6 is 35.3 Å². The maximum atomic E-state index is 12.2. The summed E-state index contributed by atoms with van der Waals surface area (Å²) in [5.74, 6) is -0.724. The third-order valence-electron chi connectivity index (χ3n) is 11.1. The van der Waals surface area contributed by atoms with Crippen molar-refractivity contribution in [2.24, 2.45) is 0 Å². The van der Waals surface area contributed by atoms with Gasteiger partial charge in [-0.05, 0) is 86.7 Å². The average Bonchev–Trinajstić information content (AvgIpc) is 3.31. The molecule has 0 spiro atoms. The van der Waals surface area contributed by atoms with Crippen molar-refractivity contribution in [3.05, 3.63) is 0 Å². The lowest BCUT2D eigenvalue weighted by Gasteiger charge is -2.45. The molecular weight excluding hydrogens is 1040 g/mol. The minimum atomic E-state index is -2.59. The van der Waals surface area contributed by atoms with Crippen LogP contribution in [0.2, 0.25) is 0 Å². The number of aliphatic hydroxyl groups excluding tert-OH is 6. The number of amides is 3. The average molecular weight is 1120 g/mol. The van der Waals surface area contributed by atoms with Crippen LogP contribution in [0.4, 0.5) is 4.79 Å². The number of carbonyl (C=O) groups excluding carboxylic acids is 3. The summed E-state index contributed by atoms with van der Waals surface area (Å²) in [6.45, 7) is 16.2. The van der Waals surface area contributed by atoms with E-state index < -0.39 is 114 Å². The molecule has 14 atom stereocenters. The maximum Gasteiger partial charge on any atom is 0.426 e. The molecule has 432 valence electrons. The summed E-state index contributed by atoms with van der Waals surface area (Å²) in [6, 6.07) is 0. The zero-order valence-electron chi connectivity index (χ0n) is 44.0. The number of carbonyl (C=O) groups is 3. The number of amidine groups is 1. The predicted octanol–water partition coefficient (Wildman–Crippen LogP) is -0.947. The number of ether oxygens (including phenoxy) is 9. The molecular formula is C46H85N5O20S3. The molecule has 0 aromatic carbocycles. The molecule has 3 amide bonds. The summed E-state index contributed by atoms with van der Waals surface area (Å²) in [4.78, 5) is 35.8. The molecule has 28 heteroatoms. The van der Waals surface area contributed by atoms with Crippen molar-refractivity contribution >= 4 is 59.0 Å². The van der Waals surface area contributed by atoms with Crippen molar-refractivity contribution in [1.82, 2.24) is 21.5 Å². The summed E-state index contributed by atoms with van der Waals surface area (Å²) >= 11 is 4.17. The van der Waals surface area contributed by atoms with Crippen LogP contribution in [0.3, 0.4) is 0 Å². The number of rotatable bonds is 29. The lowest BCUT2D eigenvalue weighted by Crippen LogP contribution is -2.64. The van der Waals surface area contributed by atoms with E-state index in [0.29, 0.717) is 48.9 Å². The van der Waals surface area contributed by atoms with Crippen molar-refractivity contribution in [2.45, 2.75) is 196 Å². The minimum absolute atomic E-state index is 0.0622. The highest BCUT2D eigenvalue weighted by Gasteiger charge is 2.53. The van der Waals surface area contributed by atoms with Gasteiger partial charge in [0.25, 0.3) is 0 Å². The minimum Gasteiger partial charge on any atom is -0.443 e. The Balaban J connectivity index is 1.43. The van der Waals surface area contributed by atoms with Gasteiger partial charge in [0.2, 0.25) is 17.6 Å². The van der Waals surface area contributed by atoms with Gasteiger partial charge in [-0.15, -0.1) is 11.8 Å². The van der Waals surface area contributed by atoms with Gasteiger partial charge in [0.1, 0.15) is 84.0 Å². The smallest absolute Gasteiger partial charge is 0.426 e. The third kappa shape index (κ3) is 23.6. The molecule has 3 saturated heterocycles. The first kappa shape index (κ1) is 66.4. The largest absolute Gasteiger partial charge is 0.443 e. The normalized spacial score (nSPS) is 30.4.